The van der Waals surface area contributed by atoms with Gasteiger partial charge in [-0.25, -0.2) is 0 Å². The van der Waals surface area contributed by atoms with Crippen molar-refractivity contribution in [3.8, 4) is 28.7 Å². The molecule has 3 atom stereocenters. The van der Waals surface area contributed by atoms with E-state index in [9.17, 15) is 19.2 Å². The lowest BCUT2D eigenvalue weighted by molar-refractivity contribution is -0.139. The highest BCUT2D eigenvalue weighted by Crippen LogP contribution is 2.40. The van der Waals surface area contributed by atoms with Crippen molar-refractivity contribution in [1.82, 2.24) is 20.9 Å². The zero-order valence-corrected chi connectivity index (χ0v) is 25.9. The predicted octanol–water partition coefficient (Wildman–Crippen LogP) is 0.760. The Labute approximate surface area is 258 Å². The quantitative estimate of drug-likeness (QED) is 0.254. The van der Waals surface area contributed by atoms with Crippen molar-refractivity contribution in [2.24, 2.45) is 11.5 Å². The van der Waals surface area contributed by atoms with E-state index in [1.165, 1.54) is 25.8 Å². The Morgan fingerprint density at radius 1 is 1.00 bits per heavy atom. The standard InChI is InChI=1S/C29H37N7O6.C2H6/c1-17-27(38)35-23(28(39)33-11-8-30)15-19-4-6-24(41-12-9-31)21(14-19)22-16-20(5-7-25(22)42-13-10-32)26(29(40)34-17)36(3)18(2)37;1-2/h4-7,14,16-17,23,26H,9-13,15,31-32H2,1-3H3,(H,33,39)(H,34,40)(H,35,38);1-2H3/t17-,23?,26?;/m0./s1. The van der Waals surface area contributed by atoms with Gasteiger partial charge in [0.25, 0.3) is 0 Å². The van der Waals surface area contributed by atoms with Crippen LogP contribution in [0.1, 0.15) is 44.9 Å². The van der Waals surface area contributed by atoms with Crippen molar-refractivity contribution in [3.05, 3.63) is 47.5 Å². The molecular formula is C31H43N7O6. The molecule has 44 heavy (non-hydrogen) atoms. The first kappa shape index (κ1) is 35.5. The zero-order valence-electron chi connectivity index (χ0n) is 25.9. The number of nitrogens with zero attached hydrogens (tertiary/aromatic N) is 2. The first-order valence-corrected chi connectivity index (χ1v) is 14.5. The minimum absolute atomic E-state index is 0.0716. The van der Waals surface area contributed by atoms with Crippen LogP contribution in [0.25, 0.3) is 11.1 Å². The zero-order chi connectivity index (χ0) is 32.8. The van der Waals surface area contributed by atoms with Gasteiger partial charge in [-0.05, 0) is 42.3 Å². The average molecular weight is 610 g/mol. The van der Waals surface area contributed by atoms with Crippen LogP contribution in [0, 0.1) is 11.3 Å². The highest BCUT2D eigenvalue weighted by Gasteiger charge is 2.32. The second-order valence-corrected chi connectivity index (χ2v) is 9.76. The molecule has 2 aromatic rings. The number of nitrogens with two attached hydrogens (primary N) is 2. The maximum atomic E-state index is 13.6. The van der Waals surface area contributed by atoms with E-state index in [1.54, 1.807) is 36.4 Å². The van der Waals surface area contributed by atoms with Gasteiger partial charge in [-0.15, -0.1) is 0 Å². The van der Waals surface area contributed by atoms with Gasteiger partial charge in [0.2, 0.25) is 23.6 Å². The number of fused-ring (bicyclic) bond motifs is 5. The van der Waals surface area contributed by atoms with Gasteiger partial charge in [0.15, 0.2) is 0 Å². The normalized spacial score (nSPS) is 17.7. The molecule has 1 aliphatic rings. The number of hydrogen-bond acceptors (Lipinski definition) is 9. The second kappa shape index (κ2) is 17.4. The molecule has 3 rings (SSSR count). The molecule has 2 unspecified atom stereocenters. The van der Waals surface area contributed by atoms with E-state index in [2.05, 4.69) is 16.0 Å². The molecule has 0 spiro atoms. The maximum Gasteiger partial charge on any atom is 0.248 e. The molecule has 0 fully saturated rings. The summed E-state index contributed by atoms with van der Waals surface area (Å²) in [7, 11) is 1.49. The molecule has 13 nitrogen and oxygen atoms in total. The van der Waals surface area contributed by atoms with Gasteiger partial charge < -0.3 is 41.8 Å². The van der Waals surface area contributed by atoms with Crippen molar-refractivity contribution in [1.29, 1.82) is 5.26 Å². The highest BCUT2D eigenvalue weighted by atomic mass is 16.5. The van der Waals surface area contributed by atoms with Crippen LogP contribution in [0.3, 0.4) is 0 Å². The molecular weight excluding hydrogens is 566 g/mol. The third-order valence-corrected chi connectivity index (χ3v) is 6.70. The van der Waals surface area contributed by atoms with Gasteiger partial charge in [-0.1, -0.05) is 26.0 Å². The van der Waals surface area contributed by atoms with E-state index in [0.717, 1.165) is 0 Å². The molecule has 4 amide bonds. The number of hydrogen-bond donors (Lipinski definition) is 5. The first-order chi connectivity index (χ1) is 21.1. The summed E-state index contributed by atoms with van der Waals surface area (Å²) in [5, 5.41) is 16.8. The van der Waals surface area contributed by atoms with Crippen LogP contribution in [-0.4, -0.2) is 80.5 Å². The molecule has 0 aromatic heterocycles. The van der Waals surface area contributed by atoms with E-state index in [4.69, 9.17) is 26.2 Å². The molecule has 1 aliphatic heterocycles. The molecule has 0 radical (unpaired) electrons. The minimum atomic E-state index is -1.10. The predicted molar refractivity (Wildman–Crippen MR) is 165 cm³/mol. The smallest absolute Gasteiger partial charge is 0.248 e. The molecule has 7 N–H and O–H groups in total. The Balaban J connectivity index is 0.00000330. The number of nitriles is 1. The Hall–Kier alpha value is -4.67. The number of likely N-dealkylation sites (N-methyl/N-ethyl adjacent to an activating group) is 1. The number of nitrogens with one attached hydrogen (secondary N) is 3. The fourth-order valence-corrected chi connectivity index (χ4v) is 4.51. The summed E-state index contributed by atoms with van der Waals surface area (Å²) >= 11 is 0. The largest absolute Gasteiger partial charge is 0.492 e. The molecule has 2 aromatic carbocycles. The molecule has 0 saturated heterocycles. The van der Waals surface area contributed by atoms with E-state index in [0.29, 0.717) is 33.8 Å². The average Bonchev–Trinajstić information content (AvgIpc) is 3.02. The van der Waals surface area contributed by atoms with Gasteiger partial charge in [0, 0.05) is 44.6 Å². The van der Waals surface area contributed by atoms with Crippen LogP contribution >= 0.6 is 0 Å². The molecule has 4 bridgehead atoms. The molecule has 0 saturated carbocycles. The second-order valence-electron chi connectivity index (χ2n) is 9.76. The third kappa shape index (κ3) is 9.16. The molecule has 1 heterocycles. The molecule has 238 valence electrons. The Morgan fingerprint density at radius 2 is 1.59 bits per heavy atom. The maximum absolute atomic E-state index is 13.6. The molecule has 0 aliphatic carbocycles. The third-order valence-electron chi connectivity index (χ3n) is 6.70. The minimum Gasteiger partial charge on any atom is -0.492 e. The van der Waals surface area contributed by atoms with Crippen LogP contribution < -0.4 is 36.9 Å². The highest BCUT2D eigenvalue weighted by molar-refractivity contribution is 5.95. The summed E-state index contributed by atoms with van der Waals surface area (Å²) in [5.41, 5.74) is 13.7. The van der Waals surface area contributed by atoms with E-state index < -0.39 is 35.8 Å². The topological polar surface area (TPSA) is 202 Å². The van der Waals surface area contributed by atoms with Crippen LogP contribution in [0.15, 0.2) is 36.4 Å². The van der Waals surface area contributed by atoms with E-state index in [-0.39, 0.29) is 45.2 Å². The van der Waals surface area contributed by atoms with Crippen LogP contribution in [0.4, 0.5) is 0 Å². The lowest BCUT2D eigenvalue weighted by atomic mass is 9.93. The summed E-state index contributed by atoms with van der Waals surface area (Å²) in [5.74, 6) is -1.23. The van der Waals surface area contributed by atoms with Crippen molar-refractivity contribution in [2.45, 2.75) is 52.2 Å². The number of carbonyl (C=O) groups excluding carboxylic acids is 4. The van der Waals surface area contributed by atoms with Crippen molar-refractivity contribution in [2.75, 3.05) is 39.9 Å². The summed E-state index contributed by atoms with van der Waals surface area (Å²) in [6, 6.07) is 9.02. The summed E-state index contributed by atoms with van der Waals surface area (Å²) in [6.07, 6.45) is 0.0716. The van der Waals surface area contributed by atoms with Crippen molar-refractivity contribution < 1.29 is 28.7 Å². The number of benzene rings is 2. The van der Waals surface area contributed by atoms with Crippen molar-refractivity contribution >= 4 is 23.6 Å². The summed E-state index contributed by atoms with van der Waals surface area (Å²) in [6.45, 7) is 7.51. The lowest BCUT2D eigenvalue weighted by Crippen LogP contribution is -2.54. The number of amides is 4. The fourth-order valence-electron chi connectivity index (χ4n) is 4.51. The number of carbonyl (C=O) groups is 4. The van der Waals surface area contributed by atoms with Crippen LogP contribution in [0.2, 0.25) is 0 Å². The lowest BCUT2D eigenvalue weighted by Gasteiger charge is -2.29. The van der Waals surface area contributed by atoms with Gasteiger partial charge in [-0.3, -0.25) is 19.2 Å². The van der Waals surface area contributed by atoms with Gasteiger partial charge in [-0.2, -0.15) is 5.26 Å². The van der Waals surface area contributed by atoms with E-state index >= 15 is 0 Å². The Bertz CT molecular complexity index is 1360. The van der Waals surface area contributed by atoms with Gasteiger partial charge in [0.05, 0.1) is 6.07 Å². The SMILES string of the molecule is CC.CC(=O)N(C)C1C(=O)N[C@@H](C)C(=O)NC(C(=O)NCC#N)Cc2ccc(OCCN)c(c2)-c2cc1ccc2OCCN. The summed E-state index contributed by atoms with van der Waals surface area (Å²) in [4.78, 5) is 53.4. The van der Waals surface area contributed by atoms with Crippen LogP contribution in [0.5, 0.6) is 11.5 Å². The Morgan fingerprint density at radius 3 is 2.16 bits per heavy atom. The van der Waals surface area contributed by atoms with E-state index in [1.807, 2.05) is 19.9 Å². The number of ether oxygens (including phenoxy) is 2. The summed E-state index contributed by atoms with van der Waals surface area (Å²) < 4.78 is 11.9. The first-order valence-electron chi connectivity index (χ1n) is 14.5. The van der Waals surface area contributed by atoms with Crippen molar-refractivity contribution in [3.63, 3.8) is 0 Å². The number of rotatable bonds is 9. The Kier molecular flexibility index (Phi) is 14.1. The monoisotopic (exact) mass is 609 g/mol. The molecule has 13 heteroatoms. The van der Waals surface area contributed by atoms with Gasteiger partial charge in [0.1, 0.15) is 49.4 Å². The van der Waals surface area contributed by atoms with Crippen LogP contribution in [-0.2, 0) is 25.6 Å². The van der Waals surface area contributed by atoms with Gasteiger partial charge >= 0.3 is 0 Å². The fraction of sp³-hybridized carbons (Fsp3) is 0.452.